The molecule has 1 aromatic carbocycles. The summed E-state index contributed by atoms with van der Waals surface area (Å²) < 4.78 is 5.13. The van der Waals surface area contributed by atoms with E-state index < -0.39 is 0 Å². The zero-order valence-electron chi connectivity index (χ0n) is 7.03. The van der Waals surface area contributed by atoms with Crippen LogP contribution in [0, 0.1) is 12.3 Å². The van der Waals surface area contributed by atoms with Crippen LogP contribution >= 0.6 is 0 Å². The highest BCUT2D eigenvalue weighted by Crippen LogP contribution is 2.23. The second kappa shape index (κ2) is 3.20. The Morgan fingerprint density at radius 2 is 1.85 bits per heavy atom. The van der Waals surface area contributed by atoms with Crippen molar-refractivity contribution in [3.63, 3.8) is 0 Å². The number of terminal acetylenes is 1. The molecule has 62 valence electrons. The molecule has 0 saturated heterocycles. The van der Waals surface area contributed by atoms with Crippen LogP contribution in [-0.4, -0.2) is 0 Å². The van der Waals surface area contributed by atoms with Crippen molar-refractivity contribution in [3.8, 4) is 23.5 Å². The van der Waals surface area contributed by atoms with Crippen LogP contribution in [0.25, 0.3) is 11.1 Å². The summed E-state index contributed by atoms with van der Waals surface area (Å²) in [5.74, 6) is 3.10. The maximum atomic E-state index is 5.29. The molecule has 0 bridgehead atoms. The van der Waals surface area contributed by atoms with Gasteiger partial charge in [0.2, 0.25) is 0 Å². The third-order valence-corrected chi connectivity index (χ3v) is 1.88. The average Bonchev–Trinajstić information content (AvgIpc) is 2.67. The highest BCUT2D eigenvalue weighted by molar-refractivity contribution is 5.68. The molecule has 0 saturated carbocycles. The number of benzene rings is 1. The van der Waals surface area contributed by atoms with Crippen LogP contribution in [0.2, 0.25) is 0 Å². The molecule has 0 aliphatic carbocycles. The topological polar surface area (TPSA) is 13.1 Å². The molecule has 2 rings (SSSR count). The third kappa shape index (κ3) is 1.34. The summed E-state index contributed by atoms with van der Waals surface area (Å²) in [6.45, 7) is 0. The molecule has 1 heteroatoms. The maximum absolute atomic E-state index is 5.29. The molecular weight excluding hydrogens is 160 g/mol. The van der Waals surface area contributed by atoms with E-state index in [0.29, 0.717) is 5.76 Å². The summed E-state index contributed by atoms with van der Waals surface area (Å²) in [6, 6.07) is 11.8. The minimum atomic E-state index is 0.589. The Morgan fingerprint density at radius 1 is 1.08 bits per heavy atom. The minimum Gasteiger partial charge on any atom is -0.455 e. The van der Waals surface area contributed by atoms with Gasteiger partial charge in [0.05, 0.1) is 6.26 Å². The fraction of sp³-hybridized carbons (Fsp3) is 0. The lowest BCUT2D eigenvalue weighted by Crippen LogP contribution is -1.76. The molecule has 1 aromatic heterocycles. The van der Waals surface area contributed by atoms with E-state index in [0.717, 1.165) is 11.1 Å². The summed E-state index contributed by atoms with van der Waals surface area (Å²) in [4.78, 5) is 0. The minimum absolute atomic E-state index is 0.589. The summed E-state index contributed by atoms with van der Waals surface area (Å²) in [7, 11) is 0. The Morgan fingerprint density at radius 3 is 2.54 bits per heavy atom. The molecule has 1 heterocycles. The van der Waals surface area contributed by atoms with Crippen molar-refractivity contribution in [2.45, 2.75) is 0 Å². The van der Waals surface area contributed by atoms with Gasteiger partial charge in [-0.3, -0.25) is 0 Å². The predicted octanol–water partition coefficient (Wildman–Crippen LogP) is 2.93. The first-order valence-electron chi connectivity index (χ1n) is 4.01. The molecule has 0 radical (unpaired) electrons. The third-order valence-electron chi connectivity index (χ3n) is 1.88. The Bertz CT molecular complexity index is 432. The first kappa shape index (κ1) is 7.70. The number of rotatable bonds is 1. The van der Waals surface area contributed by atoms with Crippen LogP contribution in [0.1, 0.15) is 5.76 Å². The van der Waals surface area contributed by atoms with Gasteiger partial charge in [0.15, 0.2) is 5.76 Å². The SMILES string of the molecule is C#Cc1occc1-c1ccccc1. The van der Waals surface area contributed by atoms with Crippen molar-refractivity contribution in [1.82, 2.24) is 0 Å². The Balaban J connectivity index is 2.54. The van der Waals surface area contributed by atoms with Gasteiger partial charge in [0.25, 0.3) is 0 Å². The zero-order chi connectivity index (χ0) is 9.10. The van der Waals surface area contributed by atoms with E-state index in [1.807, 2.05) is 36.4 Å². The normalized spacial score (nSPS) is 9.46. The van der Waals surface area contributed by atoms with Crippen LogP contribution in [0.3, 0.4) is 0 Å². The lowest BCUT2D eigenvalue weighted by molar-refractivity contribution is 0.555. The molecule has 0 aliphatic heterocycles. The van der Waals surface area contributed by atoms with Crippen LogP contribution in [0.15, 0.2) is 47.1 Å². The van der Waals surface area contributed by atoms with E-state index in [2.05, 4.69) is 5.92 Å². The van der Waals surface area contributed by atoms with Gasteiger partial charge in [-0.1, -0.05) is 30.3 Å². The molecule has 0 spiro atoms. The quantitative estimate of drug-likeness (QED) is 0.597. The van der Waals surface area contributed by atoms with Crippen molar-refractivity contribution >= 4 is 0 Å². The van der Waals surface area contributed by atoms with Crippen LogP contribution in [0.4, 0.5) is 0 Å². The number of furan rings is 1. The summed E-state index contributed by atoms with van der Waals surface area (Å²) in [5, 5.41) is 0. The molecule has 0 atom stereocenters. The lowest BCUT2D eigenvalue weighted by Gasteiger charge is -1.95. The molecule has 0 aliphatic rings. The molecule has 0 amide bonds. The first-order chi connectivity index (χ1) is 6.42. The van der Waals surface area contributed by atoms with Crippen molar-refractivity contribution in [2.24, 2.45) is 0 Å². The second-order valence-corrected chi connectivity index (χ2v) is 2.67. The lowest BCUT2D eigenvalue weighted by atomic mass is 10.1. The van der Waals surface area contributed by atoms with E-state index in [-0.39, 0.29) is 0 Å². The molecule has 13 heavy (non-hydrogen) atoms. The van der Waals surface area contributed by atoms with Crippen molar-refractivity contribution in [2.75, 3.05) is 0 Å². The van der Waals surface area contributed by atoms with Crippen molar-refractivity contribution < 1.29 is 4.42 Å². The number of hydrogen-bond donors (Lipinski definition) is 0. The van der Waals surface area contributed by atoms with E-state index in [9.17, 15) is 0 Å². The highest BCUT2D eigenvalue weighted by Gasteiger charge is 2.04. The fourth-order valence-electron chi connectivity index (χ4n) is 1.27. The van der Waals surface area contributed by atoms with Crippen LogP contribution in [0.5, 0.6) is 0 Å². The van der Waals surface area contributed by atoms with Gasteiger partial charge in [0.1, 0.15) is 0 Å². The summed E-state index contributed by atoms with van der Waals surface area (Å²) in [6.07, 6.45) is 6.90. The van der Waals surface area contributed by atoms with Gasteiger partial charge >= 0.3 is 0 Å². The molecule has 0 unspecified atom stereocenters. The zero-order valence-corrected chi connectivity index (χ0v) is 7.03. The number of hydrogen-bond acceptors (Lipinski definition) is 1. The van der Waals surface area contributed by atoms with Gasteiger partial charge in [-0.05, 0) is 17.6 Å². The van der Waals surface area contributed by atoms with Crippen molar-refractivity contribution in [3.05, 3.63) is 48.4 Å². The van der Waals surface area contributed by atoms with Gasteiger partial charge in [-0.25, -0.2) is 0 Å². The monoisotopic (exact) mass is 168 g/mol. The van der Waals surface area contributed by atoms with Gasteiger partial charge in [-0.15, -0.1) is 6.42 Å². The van der Waals surface area contributed by atoms with Gasteiger partial charge in [0, 0.05) is 5.56 Å². The second-order valence-electron chi connectivity index (χ2n) is 2.67. The molecular formula is C12H8O. The fourth-order valence-corrected chi connectivity index (χ4v) is 1.27. The largest absolute Gasteiger partial charge is 0.455 e. The Labute approximate surface area is 77.0 Å². The average molecular weight is 168 g/mol. The van der Waals surface area contributed by atoms with Gasteiger partial charge in [-0.2, -0.15) is 0 Å². The predicted molar refractivity (Wildman–Crippen MR) is 52.1 cm³/mol. The molecule has 1 nitrogen and oxygen atoms in total. The summed E-state index contributed by atoms with van der Waals surface area (Å²) >= 11 is 0. The van der Waals surface area contributed by atoms with Crippen LogP contribution < -0.4 is 0 Å². The molecule has 0 N–H and O–H groups in total. The van der Waals surface area contributed by atoms with Crippen molar-refractivity contribution in [1.29, 1.82) is 0 Å². The Hall–Kier alpha value is -1.94. The Kier molecular flexibility index (Phi) is 1.90. The molecule has 0 fully saturated rings. The smallest absolute Gasteiger partial charge is 0.184 e. The van der Waals surface area contributed by atoms with E-state index in [1.165, 1.54) is 0 Å². The summed E-state index contributed by atoms with van der Waals surface area (Å²) in [5.41, 5.74) is 2.06. The van der Waals surface area contributed by atoms with E-state index in [4.69, 9.17) is 10.8 Å². The first-order valence-corrected chi connectivity index (χ1v) is 4.01. The standard InChI is InChI=1S/C12H8O/c1-2-12-11(8-9-13-12)10-6-4-3-5-7-10/h1,3-9H. The highest BCUT2D eigenvalue weighted by atomic mass is 16.3. The van der Waals surface area contributed by atoms with E-state index in [1.54, 1.807) is 6.26 Å². The van der Waals surface area contributed by atoms with E-state index >= 15 is 0 Å². The van der Waals surface area contributed by atoms with Crippen LogP contribution in [-0.2, 0) is 0 Å². The maximum Gasteiger partial charge on any atom is 0.184 e. The van der Waals surface area contributed by atoms with Gasteiger partial charge < -0.3 is 4.42 Å². The molecule has 2 aromatic rings.